The number of rotatable bonds is 4. The molecule has 4 N–H and O–H groups in total. The van der Waals surface area contributed by atoms with Gasteiger partial charge in [-0.05, 0) is 0 Å². The molecule has 0 fully saturated rings. The van der Waals surface area contributed by atoms with Crippen molar-refractivity contribution in [3.63, 3.8) is 0 Å². The van der Waals surface area contributed by atoms with Crippen LogP contribution in [0.4, 0.5) is 17.5 Å². The van der Waals surface area contributed by atoms with E-state index in [1.165, 1.54) is 0 Å². The van der Waals surface area contributed by atoms with Gasteiger partial charge in [0.1, 0.15) is 11.3 Å². The molecule has 0 atom stereocenters. The number of carboxylic acid groups (broad SMARTS) is 1. The third kappa shape index (κ3) is 1.46. The van der Waals surface area contributed by atoms with Gasteiger partial charge in [-0.2, -0.15) is 0 Å². The molecular formula is C8H13N3O3. The minimum Gasteiger partial charge on any atom is -0.477 e. The summed E-state index contributed by atoms with van der Waals surface area (Å²) >= 11 is 0. The maximum Gasteiger partial charge on any atom is 0.343 e. The zero-order chi connectivity index (χ0) is 10.7. The second-order valence-corrected chi connectivity index (χ2v) is 2.57. The molecule has 0 bridgehead atoms. The molecule has 0 aliphatic rings. The lowest BCUT2D eigenvalue weighted by Gasteiger charge is -2.00. The lowest BCUT2D eigenvalue weighted by Crippen LogP contribution is -2.03. The molecule has 14 heavy (non-hydrogen) atoms. The van der Waals surface area contributed by atoms with Crippen molar-refractivity contribution in [1.82, 2.24) is 0 Å². The highest BCUT2D eigenvalue weighted by Gasteiger charge is 2.23. The van der Waals surface area contributed by atoms with Crippen LogP contribution in [-0.4, -0.2) is 32.2 Å². The smallest absolute Gasteiger partial charge is 0.343 e. The van der Waals surface area contributed by atoms with Gasteiger partial charge in [-0.15, -0.1) is 0 Å². The normalized spacial score (nSPS) is 9.64. The van der Waals surface area contributed by atoms with E-state index in [-0.39, 0.29) is 11.4 Å². The number of furan rings is 1. The number of nitrogens with one attached hydrogen (secondary N) is 3. The Balaban J connectivity index is 3.33. The summed E-state index contributed by atoms with van der Waals surface area (Å²) in [4.78, 5) is 10.9. The third-order valence-electron chi connectivity index (χ3n) is 1.83. The molecule has 0 saturated heterocycles. The van der Waals surface area contributed by atoms with Gasteiger partial charge in [-0.3, -0.25) is 0 Å². The van der Waals surface area contributed by atoms with Crippen molar-refractivity contribution >= 4 is 23.4 Å². The van der Waals surface area contributed by atoms with E-state index >= 15 is 0 Å². The highest BCUT2D eigenvalue weighted by atomic mass is 16.4. The highest BCUT2D eigenvalue weighted by Crippen LogP contribution is 2.35. The first-order valence-electron chi connectivity index (χ1n) is 4.09. The Hall–Kier alpha value is -1.85. The van der Waals surface area contributed by atoms with Crippen LogP contribution in [0.25, 0.3) is 0 Å². The van der Waals surface area contributed by atoms with Crippen LogP contribution in [-0.2, 0) is 0 Å². The summed E-state index contributed by atoms with van der Waals surface area (Å²) in [6.45, 7) is 0. The topological polar surface area (TPSA) is 86.5 Å². The van der Waals surface area contributed by atoms with Crippen molar-refractivity contribution in [1.29, 1.82) is 0 Å². The van der Waals surface area contributed by atoms with Gasteiger partial charge >= 0.3 is 5.97 Å². The standard InChI is InChI=1S/C8H13N3O3/c1-9-5-4(8(12)13)6(10-2)14-7(5)11-3/h9-11H,1-3H3,(H,12,13). The Labute approximate surface area is 81.3 Å². The van der Waals surface area contributed by atoms with Crippen LogP contribution in [0.2, 0.25) is 0 Å². The summed E-state index contributed by atoms with van der Waals surface area (Å²) in [6, 6.07) is 0. The number of anilines is 3. The van der Waals surface area contributed by atoms with Crippen molar-refractivity contribution < 1.29 is 14.3 Å². The Morgan fingerprint density at radius 1 is 1.14 bits per heavy atom. The van der Waals surface area contributed by atoms with E-state index in [4.69, 9.17) is 9.52 Å². The van der Waals surface area contributed by atoms with Gasteiger partial charge in [-0.1, -0.05) is 0 Å². The van der Waals surface area contributed by atoms with E-state index in [1.54, 1.807) is 21.1 Å². The fourth-order valence-electron chi connectivity index (χ4n) is 1.23. The van der Waals surface area contributed by atoms with Crippen LogP contribution in [0.15, 0.2) is 4.42 Å². The molecular weight excluding hydrogens is 186 g/mol. The Morgan fingerprint density at radius 2 is 1.71 bits per heavy atom. The van der Waals surface area contributed by atoms with Crippen molar-refractivity contribution in [3.05, 3.63) is 5.56 Å². The summed E-state index contributed by atoms with van der Waals surface area (Å²) in [5.74, 6) is -0.413. The van der Waals surface area contributed by atoms with Crippen molar-refractivity contribution in [3.8, 4) is 0 Å². The molecule has 78 valence electrons. The molecule has 1 aromatic heterocycles. The molecule has 6 heteroatoms. The lowest BCUT2D eigenvalue weighted by atomic mass is 10.2. The summed E-state index contributed by atoms with van der Waals surface area (Å²) in [7, 11) is 4.90. The minimum atomic E-state index is -1.04. The maximum atomic E-state index is 10.9. The number of aromatic carboxylic acids is 1. The first-order chi connectivity index (χ1) is 6.65. The van der Waals surface area contributed by atoms with Gasteiger partial charge in [0.05, 0.1) is 0 Å². The average Bonchev–Trinajstić information content (AvgIpc) is 2.54. The van der Waals surface area contributed by atoms with E-state index in [0.717, 1.165) is 0 Å². The molecule has 0 amide bonds. The maximum absolute atomic E-state index is 10.9. The monoisotopic (exact) mass is 199 g/mol. The third-order valence-corrected chi connectivity index (χ3v) is 1.83. The average molecular weight is 199 g/mol. The van der Waals surface area contributed by atoms with Crippen molar-refractivity contribution in [2.24, 2.45) is 0 Å². The number of hydrogen-bond acceptors (Lipinski definition) is 5. The van der Waals surface area contributed by atoms with Gasteiger partial charge < -0.3 is 25.5 Å². The molecule has 0 aliphatic heterocycles. The van der Waals surface area contributed by atoms with Crippen LogP contribution in [0.1, 0.15) is 10.4 Å². The molecule has 0 radical (unpaired) electrons. The van der Waals surface area contributed by atoms with Crippen LogP contribution >= 0.6 is 0 Å². The molecule has 6 nitrogen and oxygen atoms in total. The first kappa shape index (κ1) is 10.2. The first-order valence-corrected chi connectivity index (χ1v) is 4.09. The molecule has 0 aromatic carbocycles. The number of carbonyl (C=O) groups is 1. The van der Waals surface area contributed by atoms with Crippen LogP contribution in [0.3, 0.4) is 0 Å². The quantitative estimate of drug-likeness (QED) is 0.581. The summed E-state index contributed by atoms with van der Waals surface area (Å²) in [5, 5.41) is 17.2. The minimum absolute atomic E-state index is 0.0966. The lowest BCUT2D eigenvalue weighted by molar-refractivity contribution is 0.0698. The molecule has 1 aromatic rings. The Morgan fingerprint density at radius 3 is 2.07 bits per heavy atom. The van der Waals surface area contributed by atoms with Crippen LogP contribution in [0, 0.1) is 0 Å². The molecule has 0 spiro atoms. The van der Waals surface area contributed by atoms with Gasteiger partial charge in [0.15, 0.2) is 0 Å². The van der Waals surface area contributed by atoms with Gasteiger partial charge in [0.25, 0.3) is 0 Å². The molecule has 0 saturated carbocycles. The predicted molar refractivity (Wildman–Crippen MR) is 54.3 cm³/mol. The number of hydrogen-bond donors (Lipinski definition) is 4. The number of carboxylic acids is 1. The van der Waals surface area contributed by atoms with E-state index in [1.807, 2.05) is 0 Å². The summed E-state index contributed by atoms with van der Waals surface area (Å²) in [5.41, 5.74) is 0.531. The van der Waals surface area contributed by atoms with E-state index in [2.05, 4.69) is 16.0 Å². The summed E-state index contributed by atoms with van der Waals surface area (Å²) < 4.78 is 5.23. The largest absolute Gasteiger partial charge is 0.477 e. The molecule has 0 aliphatic carbocycles. The second kappa shape index (κ2) is 3.91. The fraction of sp³-hybridized carbons (Fsp3) is 0.375. The molecule has 0 unspecified atom stereocenters. The fourth-order valence-corrected chi connectivity index (χ4v) is 1.23. The SMILES string of the molecule is CNc1oc(NC)c(C(=O)O)c1NC. The van der Waals surface area contributed by atoms with Gasteiger partial charge in [0, 0.05) is 21.1 Å². The van der Waals surface area contributed by atoms with Gasteiger partial charge in [0.2, 0.25) is 11.8 Å². The Bertz CT molecular complexity index is 346. The van der Waals surface area contributed by atoms with E-state index in [9.17, 15) is 4.79 Å². The van der Waals surface area contributed by atoms with Crippen molar-refractivity contribution in [2.75, 3.05) is 37.1 Å². The summed E-state index contributed by atoms with van der Waals surface area (Å²) in [6.07, 6.45) is 0. The van der Waals surface area contributed by atoms with Gasteiger partial charge in [-0.25, -0.2) is 4.79 Å². The highest BCUT2D eigenvalue weighted by molar-refractivity contribution is 6.02. The predicted octanol–water partition coefficient (Wildman–Crippen LogP) is 1.10. The zero-order valence-electron chi connectivity index (χ0n) is 8.26. The second-order valence-electron chi connectivity index (χ2n) is 2.57. The zero-order valence-corrected chi connectivity index (χ0v) is 8.26. The van der Waals surface area contributed by atoms with E-state index in [0.29, 0.717) is 11.6 Å². The van der Waals surface area contributed by atoms with Crippen molar-refractivity contribution in [2.45, 2.75) is 0 Å². The Kier molecular flexibility index (Phi) is 2.85. The van der Waals surface area contributed by atoms with Crippen LogP contribution in [0.5, 0.6) is 0 Å². The van der Waals surface area contributed by atoms with E-state index < -0.39 is 5.97 Å². The molecule has 1 heterocycles. The van der Waals surface area contributed by atoms with Crippen LogP contribution < -0.4 is 16.0 Å². The molecule has 1 rings (SSSR count).